The largest absolute Gasteiger partial charge is 0.462 e. The Balaban J connectivity index is 2.42. The third kappa shape index (κ3) is 2.65. The lowest BCUT2D eigenvalue weighted by Gasteiger charge is -2.06. The van der Waals surface area contributed by atoms with Gasteiger partial charge in [0.2, 0.25) is 0 Å². The number of aromatic nitrogens is 2. The Kier molecular flexibility index (Phi) is 3.89. The van der Waals surface area contributed by atoms with Crippen molar-refractivity contribution < 1.29 is 9.53 Å². The summed E-state index contributed by atoms with van der Waals surface area (Å²) < 4.78 is 4.92. The summed E-state index contributed by atoms with van der Waals surface area (Å²) in [4.78, 5) is 19.6. The fourth-order valence-electron chi connectivity index (χ4n) is 1.51. The van der Waals surface area contributed by atoms with Gasteiger partial charge in [0.1, 0.15) is 5.15 Å². The summed E-state index contributed by atoms with van der Waals surface area (Å²) in [5.74, 6) is -0.406. The first-order valence-electron chi connectivity index (χ1n) is 5.45. The lowest BCUT2D eigenvalue weighted by Crippen LogP contribution is -2.05. The van der Waals surface area contributed by atoms with Gasteiger partial charge in [0, 0.05) is 24.2 Å². The molecule has 18 heavy (non-hydrogen) atoms. The molecular weight excluding hydrogens is 252 g/mol. The van der Waals surface area contributed by atoms with Gasteiger partial charge in [-0.2, -0.15) is 0 Å². The highest BCUT2D eigenvalue weighted by molar-refractivity contribution is 6.32. The van der Waals surface area contributed by atoms with Crippen LogP contribution in [0, 0.1) is 0 Å². The molecule has 0 saturated heterocycles. The molecular formula is C13H11ClN2O2. The highest BCUT2D eigenvalue weighted by Crippen LogP contribution is 2.26. The van der Waals surface area contributed by atoms with Crippen LogP contribution in [0.2, 0.25) is 5.15 Å². The number of nitrogens with zero attached hydrogens (tertiary/aromatic N) is 2. The van der Waals surface area contributed by atoms with Crippen molar-refractivity contribution in [3.8, 4) is 11.1 Å². The second kappa shape index (κ2) is 5.60. The highest BCUT2D eigenvalue weighted by atomic mass is 35.5. The third-order valence-electron chi connectivity index (χ3n) is 2.34. The maximum Gasteiger partial charge on any atom is 0.339 e. The summed E-state index contributed by atoms with van der Waals surface area (Å²) in [5, 5.41) is 0.342. The van der Waals surface area contributed by atoms with Crippen molar-refractivity contribution in [2.75, 3.05) is 6.61 Å². The molecule has 0 amide bonds. The average Bonchev–Trinajstić information content (AvgIpc) is 2.40. The van der Waals surface area contributed by atoms with Gasteiger partial charge in [-0.1, -0.05) is 11.6 Å². The Labute approximate surface area is 110 Å². The van der Waals surface area contributed by atoms with Crippen LogP contribution in [-0.2, 0) is 4.74 Å². The molecule has 0 spiro atoms. The fourth-order valence-corrected chi connectivity index (χ4v) is 1.72. The highest BCUT2D eigenvalue weighted by Gasteiger charge is 2.11. The number of esters is 1. The lowest BCUT2D eigenvalue weighted by molar-refractivity contribution is 0.0526. The van der Waals surface area contributed by atoms with Crippen LogP contribution in [0.4, 0.5) is 0 Å². The van der Waals surface area contributed by atoms with Gasteiger partial charge in [-0.25, -0.2) is 9.78 Å². The molecule has 0 saturated carbocycles. The first kappa shape index (κ1) is 12.5. The number of carbonyl (C=O) groups excluding carboxylic acids is 1. The zero-order chi connectivity index (χ0) is 13.0. The molecule has 2 heterocycles. The summed E-state index contributed by atoms with van der Waals surface area (Å²) in [6, 6.07) is 5.28. The van der Waals surface area contributed by atoms with Crippen molar-refractivity contribution >= 4 is 17.6 Å². The van der Waals surface area contributed by atoms with Gasteiger partial charge < -0.3 is 4.74 Å². The van der Waals surface area contributed by atoms with E-state index in [4.69, 9.17) is 16.3 Å². The Hall–Kier alpha value is -1.94. The van der Waals surface area contributed by atoms with Gasteiger partial charge in [0.25, 0.3) is 0 Å². The van der Waals surface area contributed by atoms with Crippen molar-refractivity contribution in [2.24, 2.45) is 0 Å². The Morgan fingerprint density at radius 1 is 1.39 bits per heavy atom. The van der Waals surface area contributed by atoms with Gasteiger partial charge in [0.05, 0.1) is 12.2 Å². The predicted octanol–water partition coefficient (Wildman–Crippen LogP) is 2.97. The van der Waals surface area contributed by atoms with Crippen LogP contribution in [-0.4, -0.2) is 22.5 Å². The average molecular weight is 263 g/mol. The van der Waals surface area contributed by atoms with Gasteiger partial charge in [-0.05, 0) is 30.7 Å². The minimum Gasteiger partial charge on any atom is -0.462 e. The van der Waals surface area contributed by atoms with E-state index < -0.39 is 5.97 Å². The van der Waals surface area contributed by atoms with Crippen LogP contribution in [0.1, 0.15) is 17.3 Å². The van der Waals surface area contributed by atoms with Crippen molar-refractivity contribution in [1.82, 2.24) is 9.97 Å². The number of carbonyl (C=O) groups is 1. The topological polar surface area (TPSA) is 52.1 Å². The van der Waals surface area contributed by atoms with Crippen molar-refractivity contribution in [3.63, 3.8) is 0 Å². The summed E-state index contributed by atoms with van der Waals surface area (Å²) in [6.07, 6.45) is 4.72. The van der Waals surface area contributed by atoms with Crippen LogP contribution in [0.5, 0.6) is 0 Å². The molecule has 2 aromatic rings. The molecule has 0 aromatic carbocycles. The van der Waals surface area contributed by atoms with E-state index >= 15 is 0 Å². The Morgan fingerprint density at radius 3 is 2.78 bits per heavy atom. The number of halogens is 1. The summed E-state index contributed by atoms with van der Waals surface area (Å²) in [5.41, 5.74) is 1.92. The normalized spacial score (nSPS) is 10.1. The second-order valence-electron chi connectivity index (χ2n) is 3.52. The minimum absolute atomic E-state index is 0.325. The molecule has 0 bridgehead atoms. The van der Waals surface area contributed by atoms with Crippen molar-refractivity contribution in [3.05, 3.63) is 47.5 Å². The van der Waals surface area contributed by atoms with E-state index in [1.165, 1.54) is 6.20 Å². The zero-order valence-corrected chi connectivity index (χ0v) is 10.5. The molecule has 0 unspecified atom stereocenters. The molecule has 0 aliphatic heterocycles. The van der Waals surface area contributed by atoms with Gasteiger partial charge in [-0.3, -0.25) is 4.98 Å². The number of hydrogen-bond donors (Lipinski definition) is 0. The van der Waals surface area contributed by atoms with E-state index in [-0.39, 0.29) is 0 Å². The number of hydrogen-bond acceptors (Lipinski definition) is 4. The van der Waals surface area contributed by atoms with Crippen molar-refractivity contribution in [1.29, 1.82) is 0 Å². The molecule has 0 N–H and O–H groups in total. The quantitative estimate of drug-likeness (QED) is 0.630. The summed E-state index contributed by atoms with van der Waals surface area (Å²) >= 11 is 6.03. The maximum absolute atomic E-state index is 11.6. The number of rotatable bonds is 3. The van der Waals surface area contributed by atoms with E-state index in [1.54, 1.807) is 37.5 Å². The van der Waals surface area contributed by atoms with Gasteiger partial charge >= 0.3 is 5.97 Å². The molecule has 0 aliphatic carbocycles. The molecule has 0 atom stereocenters. The maximum atomic E-state index is 11.6. The molecule has 0 aliphatic rings. The smallest absolute Gasteiger partial charge is 0.339 e. The second-order valence-corrected chi connectivity index (χ2v) is 3.88. The monoisotopic (exact) mass is 262 g/mol. The molecule has 2 aromatic heterocycles. The molecule has 4 nitrogen and oxygen atoms in total. The first-order chi connectivity index (χ1) is 8.72. The van der Waals surface area contributed by atoms with E-state index in [0.29, 0.717) is 22.9 Å². The van der Waals surface area contributed by atoms with Crippen molar-refractivity contribution in [2.45, 2.75) is 6.92 Å². The van der Waals surface area contributed by atoms with E-state index in [9.17, 15) is 4.79 Å². The first-order valence-corrected chi connectivity index (χ1v) is 5.83. The number of ether oxygens (including phenoxy) is 1. The Morgan fingerprint density at radius 2 is 2.11 bits per heavy atom. The van der Waals surface area contributed by atoms with E-state index in [2.05, 4.69) is 9.97 Å². The molecule has 92 valence electrons. The van der Waals surface area contributed by atoms with Crippen LogP contribution >= 0.6 is 11.6 Å². The molecule has 2 rings (SSSR count). The van der Waals surface area contributed by atoms with E-state index in [1.807, 2.05) is 0 Å². The summed E-state index contributed by atoms with van der Waals surface area (Å²) in [6.45, 7) is 2.08. The van der Waals surface area contributed by atoms with Crippen LogP contribution in [0.3, 0.4) is 0 Å². The molecule has 0 fully saturated rings. The third-order valence-corrected chi connectivity index (χ3v) is 2.64. The van der Waals surface area contributed by atoms with Crippen LogP contribution in [0.15, 0.2) is 36.8 Å². The zero-order valence-electron chi connectivity index (χ0n) is 9.76. The van der Waals surface area contributed by atoms with Crippen LogP contribution < -0.4 is 0 Å². The standard InChI is InChI=1S/C13H11ClN2O2/c1-2-18-13(17)10-7-11(12(14)16-8-10)9-3-5-15-6-4-9/h3-8H,2H2,1H3. The minimum atomic E-state index is -0.406. The summed E-state index contributed by atoms with van der Waals surface area (Å²) in [7, 11) is 0. The fraction of sp³-hybridized carbons (Fsp3) is 0.154. The van der Waals surface area contributed by atoms with Gasteiger partial charge in [0.15, 0.2) is 0 Å². The van der Waals surface area contributed by atoms with E-state index in [0.717, 1.165) is 5.56 Å². The van der Waals surface area contributed by atoms with Crippen LogP contribution in [0.25, 0.3) is 11.1 Å². The predicted molar refractivity (Wildman–Crippen MR) is 68.4 cm³/mol. The number of pyridine rings is 2. The molecule has 5 heteroatoms. The SMILES string of the molecule is CCOC(=O)c1cnc(Cl)c(-c2ccncc2)c1. The Bertz CT molecular complexity index is 558. The van der Waals surface area contributed by atoms with Gasteiger partial charge in [-0.15, -0.1) is 0 Å². The lowest BCUT2D eigenvalue weighted by atomic mass is 10.1. The molecule has 0 radical (unpaired) electrons.